The lowest BCUT2D eigenvalue weighted by atomic mass is 9.96. The summed E-state index contributed by atoms with van der Waals surface area (Å²) in [6.45, 7) is 3.20. The zero-order valence-corrected chi connectivity index (χ0v) is 11.9. The molecule has 102 valence electrons. The molecule has 0 aliphatic rings. The van der Waals surface area contributed by atoms with Crippen LogP contribution in [-0.2, 0) is 9.47 Å². The largest absolute Gasteiger partial charge is 0.385 e. The Morgan fingerprint density at radius 1 is 1.17 bits per heavy atom. The summed E-state index contributed by atoms with van der Waals surface area (Å²) >= 11 is 6.24. The van der Waals surface area contributed by atoms with Crippen molar-refractivity contribution in [3.8, 4) is 0 Å². The van der Waals surface area contributed by atoms with Crippen LogP contribution in [0.3, 0.4) is 0 Å². The zero-order chi connectivity index (χ0) is 13.2. The lowest BCUT2D eigenvalue weighted by molar-refractivity contribution is 0.183. The second-order valence-corrected chi connectivity index (χ2v) is 4.60. The maximum absolute atomic E-state index is 6.24. The molecule has 18 heavy (non-hydrogen) atoms. The quantitative estimate of drug-likeness (QED) is 0.701. The van der Waals surface area contributed by atoms with Gasteiger partial charge in [-0.3, -0.25) is 0 Å². The topological polar surface area (TPSA) is 30.5 Å². The molecule has 4 heteroatoms. The van der Waals surface area contributed by atoms with E-state index in [1.165, 1.54) is 5.56 Å². The molecule has 1 N–H and O–H groups in total. The Hall–Kier alpha value is -0.610. The van der Waals surface area contributed by atoms with Gasteiger partial charge in [0.1, 0.15) is 0 Å². The van der Waals surface area contributed by atoms with E-state index in [0.717, 1.165) is 37.7 Å². The van der Waals surface area contributed by atoms with Crippen molar-refractivity contribution in [2.45, 2.75) is 12.3 Å². The predicted octanol–water partition coefficient (Wildman–Crippen LogP) is 2.70. The van der Waals surface area contributed by atoms with E-state index in [1.54, 1.807) is 14.2 Å². The van der Waals surface area contributed by atoms with Gasteiger partial charge >= 0.3 is 0 Å². The second kappa shape index (κ2) is 9.34. The maximum atomic E-state index is 6.24. The second-order valence-electron chi connectivity index (χ2n) is 4.20. The molecule has 0 amide bonds. The van der Waals surface area contributed by atoms with Crippen LogP contribution in [0.2, 0.25) is 5.02 Å². The van der Waals surface area contributed by atoms with Crippen molar-refractivity contribution in [3.05, 3.63) is 34.9 Å². The average Bonchev–Trinajstić information content (AvgIpc) is 2.39. The molecule has 1 rings (SSSR count). The van der Waals surface area contributed by atoms with E-state index in [4.69, 9.17) is 21.1 Å². The molecule has 1 aromatic rings. The molecule has 0 bridgehead atoms. The van der Waals surface area contributed by atoms with E-state index in [9.17, 15) is 0 Å². The van der Waals surface area contributed by atoms with Gasteiger partial charge in [0.25, 0.3) is 0 Å². The normalized spacial score (nSPS) is 12.6. The minimum absolute atomic E-state index is 0.371. The predicted molar refractivity (Wildman–Crippen MR) is 75.4 cm³/mol. The highest BCUT2D eigenvalue weighted by atomic mass is 35.5. The van der Waals surface area contributed by atoms with Crippen molar-refractivity contribution in [1.29, 1.82) is 0 Å². The van der Waals surface area contributed by atoms with E-state index in [-0.39, 0.29) is 0 Å². The Bertz CT molecular complexity index is 333. The van der Waals surface area contributed by atoms with Gasteiger partial charge in [-0.15, -0.1) is 0 Å². The molecule has 0 heterocycles. The van der Waals surface area contributed by atoms with Crippen LogP contribution in [-0.4, -0.2) is 40.5 Å². The maximum Gasteiger partial charge on any atom is 0.0587 e. The number of halogens is 1. The molecule has 0 radical (unpaired) electrons. The van der Waals surface area contributed by atoms with Gasteiger partial charge in [0.2, 0.25) is 0 Å². The molecule has 1 aromatic carbocycles. The van der Waals surface area contributed by atoms with Gasteiger partial charge in [0, 0.05) is 38.9 Å². The van der Waals surface area contributed by atoms with Crippen LogP contribution in [0.1, 0.15) is 17.9 Å². The Balaban J connectivity index is 2.57. The molecule has 3 nitrogen and oxygen atoms in total. The number of methoxy groups -OCH3 is 2. The molecule has 0 aromatic heterocycles. The first-order valence-electron chi connectivity index (χ1n) is 6.22. The molecule has 0 spiro atoms. The summed E-state index contributed by atoms with van der Waals surface area (Å²) in [6.07, 6.45) is 0.959. The van der Waals surface area contributed by atoms with Crippen molar-refractivity contribution in [2.75, 3.05) is 40.5 Å². The fourth-order valence-corrected chi connectivity index (χ4v) is 2.17. The van der Waals surface area contributed by atoms with Crippen LogP contribution < -0.4 is 5.32 Å². The summed E-state index contributed by atoms with van der Waals surface area (Å²) < 4.78 is 10.2. The summed E-state index contributed by atoms with van der Waals surface area (Å²) in [5.41, 5.74) is 1.18. The van der Waals surface area contributed by atoms with Crippen LogP contribution >= 0.6 is 11.6 Å². The van der Waals surface area contributed by atoms with Crippen LogP contribution in [0, 0.1) is 0 Å². The smallest absolute Gasteiger partial charge is 0.0587 e. The molecule has 1 unspecified atom stereocenters. The standard InChI is InChI=1S/C14H22ClNO2/c1-17-9-7-12(11-16-8-10-18-2)13-5-3-4-6-14(13)15/h3-6,12,16H,7-11H2,1-2H3. The minimum atomic E-state index is 0.371. The van der Waals surface area contributed by atoms with Gasteiger partial charge in [0.15, 0.2) is 0 Å². The molecule has 0 aliphatic carbocycles. The molecule has 1 atom stereocenters. The van der Waals surface area contributed by atoms with Crippen LogP contribution in [0.5, 0.6) is 0 Å². The van der Waals surface area contributed by atoms with Gasteiger partial charge in [-0.25, -0.2) is 0 Å². The number of nitrogens with one attached hydrogen (secondary N) is 1. The van der Waals surface area contributed by atoms with Crippen molar-refractivity contribution in [3.63, 3.8) is 0 Å². The van der Waals surface area contributed by atoms with E-state index < -0.39 is 0 Å². The molecule has 0 saturated carbocycles. The molecule has 0 fully saturated rings. The lowest BCUT2D eigenvalue weighted by Crippen LogP contribution is -2.26. The SMILES string of the molecule is COCCNCC(CCOC)c1ccccc1Cl. The van der Waals surface area contributed by atoms with Crippen molar-refractivity contribution < 1.29 is 9.47 Å². The average molecular weight is 272 g/mol. The Labute approximate surface area is 114 Å². The van der Waals surface area contributed by atoms with Crippen LogP contribution in [0.4, 0.5) is 0 Å². The molecule has 0 saturated heterocycles. The highest BCUT2D eigenvalue weighted by molar-refractivity contribution is 6.31. The highest BCUT2D eigenvalue weighted by Gasteiger charge is 2.13. The van der Waals surface area contributed by atoms with Crippen molar-refractivity contribution in [2.24, 2.45) is 0 Å². The Kier molecular flexibility index (Phi) is 8.01. The summed E-state index contributed by atoms with van der Waals surface area (Å²) in [5.74, 6) is 0.371. The highest BCUT2D eigenvalue weighted by Crippen LogP contribution is 2.26. The number of rotatable bonds is 9. The molecular formula is C14H22ClNO2. The van der Waals surface area contributed by atoms with Crippen LogP contribution in [0.25, 0.3) is 0 Å². The Morgan fingerprint density at radius 2 is 1.89 bits per heavy atom. The third-order valence-electron chi connectivity index (χ3n) is 2.89. The van der Waals surface area contributed by atoms with E-state index >= 15 is 0 Å². The molecule has 0 aliphatic heterocycles. The van der Waals surface area contributed by atoms with Crippen LogP contribution in [0.15, 0.2) is 24.3 Å². The molecular weight excluding hydrogens is 250 g/mol. The first-order valence-corrected chi connectivity index (χ1v) is 6.60. The monoisotopic (exact) mass is 271 g/mol. The number of benzene rings is 1. The minimum Gasteiger partial charge on any atom is -0.385 e. The summed E-state index contributed by atoms with van der Waals surface area (Å²) in [4.78, 5) is 0. The fraction of sp³-hybridized carbons (Fsp3) is 0.571. The van der Waals surface area contributed by atoms with E-state index in [1.807, 2.05) is 18.2 Å². The van der Waals surface area contributed by atoms with Gasteiger partial charge in [-0.05, 0) is 24.0 Å². The third-order valence-corrected chi connectivity index (χ3v) is 3.23. The Morgan fingerprint density at radius 3 is 2.56 bits per heavy atom. The van der Waals surface area contributed by atoms with Crippen molar-refractivity contribution in [1.82, 2.24) is 5.32 Å². The fourth-order valence-electron chi connectivity index (χ4n) is 1.88. The van der Waals surface area contributed by atoms with E-state index in [0.29, 0.717) is 5.92 Å². The first-order chi connectivity index (χ1) is 8.79. The van der Waals surface area contributed by atoms with Gasteiger partial charge < -0.3 is 14.8 Å². The summed E-state index contributed by atoms with van der Waals surface area (Å²) in [6, 6.07) is 8.00. The number of ether oxygens (including phenoxy) is 2. The van der Waals surface area contributed by atoms with Gasteiger partial charge in [-0.1, -0.05) is 29.8 Å². The van der Waals surface area contributed by atoms with Crippen molar-refractivity contribution >= 4 is 11.6 Å². The lowest BCUT2D eigenvalue weighted by Gasteiger charge is -2.19. The summed E-state index contributed by atoms with van der Waals surface area (Å²) in [5, 5.41) is 4.21. The van der Waals surface area contributed by atoms with Gasteiger partial charge in [-0.2, -0.15) is 0 Å². The number of hydrogen-bond acceptors (Lipinski definition) is 3. The number of hydrogen-bond donors (Lipinski definition) is 1. The third kappa shape index (κ3) is 5.36. The summed E-state index contributed by atoms with van der Waals surface area (Å²) in [7, 11) is 3.43. The van der Waals surface area contributed by atoms with E-state index in [2.05, 4.69) is 11.4 Å². The first kappa shape index (κ1) is 15.4. The van der Waals surface area contributed by atoms with Gasteiger partial charge in [0.05, 0.1) is 6.61 Å². The zero-order valence-electron chi connectivity index (χ0n) is 11.1.